The molecule has 96 valence electrons. The van der Waals surface area contributed by atoms with Gasteiger partial charge in [0, 0.05) is 14.2 Å². The Morgan fingerprint density at radius 1 is 1.12 bits per heavy atom. The van der Waals surface area contributed by atoms with Crippen LogP contribution >= 0.6 is 11.6 Å². The average Bonchev–Trinajstić information content (AvgIpc) is 2.29. The van der Waals surface area contributed by atoms with E-state index in [9.17, 15) is 13.2 Å². The molecular formula is C11H12ClF3O2. The molecular weight excluding hydrogens is 257 g/mol. The van der Waals surface area contributed by atoms with Gasteiger partial charge in [0.25, 0.3) is 5.06 Å². The highest BCUT2D eigenvalue weighted by atomic mass is 35.5. The lowest BCUT2D eigenvalue weighted by Gasteiger charge is -2.34. The van der Waals surface area contributed by atoms with Gasteiger partial charge in [-0.05, 0) is 5.56 Å². The van der Waals surface area contributed by atoms with Crippen LogP contribution in [0.3, 0.4) is 0 Å². The molecule has 2 unspecified atom stereocenters. The minimum absolute atomic E-state index is 0.296. The zero-order valence-electron chi connectivity index (χ0n) is 9.29. The Morgan fingerprint density at radius 3 is 2.00 bits per heavy atom. The minimum Gasteiger partial charge on any atom is -0.372 e. The summed E-state index contributed by atoms with van der Waals surface area (Å²) in [5.74, 6) is 0. The molecule has 1 rings (SSSR count). The third kappa shape index (κ3) is 2.73. The lowest BCUT2D eigenvalue weighted by atomic mass is 10.0. The van der Waals surface area contributed by atoms with E-state index in [1.807, 2.05) is 0 Å². The van der Waals surface area contributed by atoms with Crippen molar-refractivity contribution in [2.24, 2.45) is 0 Å². The summed E-state index contributed by atoms with van der Waals surface area (Å²) in [5.41, 5.74) is 0.296. The summed E-state index contributed by atoms with van der Waals surface area (Å²) in [6.45, 7) is 0. The van der Waals surface area contributed by atoms with Gasteiger partial charge in [0.15, 0.2) is 0 Å². The number of ether oxygens (including phenoxy) is 2. The van der Waals surface area contributed by atoms with E-state index in [2.05, 4.69) is 4.74 Å². The SMILES string of the molecule is COC(c1ccccc1)C(Cl)(OC)C(F)(F)F. The van der Waals surface area contributed by atoms with Crippen molar-refractivity contribution in [2.75, 3.05) is 14.2 Å². The number of methoxy groups -OCH3 is 2. The molecule has 2 nitrogen and oxygen atoms in total. The Kier molecular flexibility index (Phi) is 4.41. The fraction of sp³-hybridized carbons (Fsp3) is 0.455. The second-order valence-corrected chi connectivity index (χ2v) is 3.93. The molecule has 0 radical (unpaired) electrons. The molecule has 0 spiro atoms. The van der Waals surface area contributed by atoms with Crippen LogP contribution < -0.4 is 0 Å². The molecule has 0 saturated heterocycles. The van der Waals surface area contributed by atoms with Crippen molar-refractivity contribution in [3.8, 4) is 0 Å². The van der Waals surface area contributed by atoms with Crippen molar-refractivity contribution >= 4 is 11.6 Å². The van der Waals surface area contributed by atoms with Gasteiger partial charge >= 0.3 is 6.18 Å². The van der Waals surface area contributed by atoms with Crippen LogP contribution in [0.2, 0.25) is 0 Å². The molecule has 0 amide bonds. The Labute approximate surface area is 102 Å². The van der Waals surface area contributed by atoms with E-state index >= 15 is 0 Å². The first kappa shape index (κ1) is 14.3. The van der Waals surface area contributed by atoms with Crippen molar-refractivity contribution in [2.45, 2.75) is 17.3 Å². The van der Waals surface area contributed by atoms with E-state index in [1.165, 1.54) is 12.1 Å². The second kappa shape index (κ2) is 5.25. The molecule has 17 heavy (non-hydrogen) atoms. The first-order valence-corrected chi connectivity index (χ1v) is 5.13. The van der Waals surface area contributed by atoms with Crippen molar-refractivity contribution in [1.82, 2.24) is 0 Å². The molecule has 0 bridgehead atoms. The first-order chi connectivity index (χ1) is 7.86. The Morgan fingerprint density at radius 2 is 1.65 bits per heavy atom. The number of benzene rings is 1. The molecule has 1 aromatic rings. The summed E-state index contributed by atoms with van der Waals surface area (Å²) in [5, 5.41) is -2.90. The summed E-state index contributed by atoms with van der Waals surface area (Å²) in [6.07, 6.45) is -6.19. The van der Waals surface area contributed by atoms with Gasteiger partial charge in [-0.15, -0.1) is 0 Å². The van der Waals surface area contributed by atoms with Crippen molar-refractivity contribution in [3.05, 3.63) is 35.9 Å². The molecule has 0 N–H and O–H groups in total. The largest absolute Gasteiger partial charge is 0.434 e. The van der Waals surface area contributed by atoms with E-state index in [0.29, 0.717) is 5.56 Å². The molecule has 6 heteroatoms. The predicted octanol–water partition coefficient (Wildman–Crippen LogP) is 3.52. The maximum atomic E-state index is 12.9. The number of rotatable bonds is 4. The lowest BCUT2D eigenvalue weighted by molar-refractivity contribution is -0.266. The summed E-state index contributed by atoms with van der Waals surface area (Å²) in [4.78, 5) is 0. The van der Waals surface area contributed by atoms with Crippen LogP contribution in [0.25, 0.3) is 0 Å². The number of halogens is 4. The van der Waals surface area contributed by atoms with Gasteiger partial charge in [-0.1, -0.05) is 41.9 Å². The molecule has 0 heterocycles. The van der Waals surface area contributed by atoms with E-state index in [1.54, 1.807) is 18.2 Å². The fourth-order valence-corrected chi connectivity index (χ4v) is 1.72. The molecule has 0 aliphatic carbocycles. The first-order valence-electron chi connectivity index (χ1n) is 4.75. The number of alkyl halides is 4. The van der Waals surface area contributed by atoms with E-state index in [4.69, 9.17) is 16.3 Å². The molecule has 0 fully saturated rings. The van der Waals surface area contributed by atoms with E-state index < -0.39 is 17.3 Å². The maximum absolute atomic E-state index is 12.9. The smallest absolute Gasteiger partial charge is 0.372 e. The molecule has 0 aliphatic rings. The van der Waals surface area contributed by atoms with Crippen LogP contribution in [0.15, 0.2) is 30.3 Å². The average molecular weight is 269 g/mol. The summed E-state index contributed by atoms with van der Waals surface area (Å²) >= 11 is 5.53. The maximum Gasteiger partial charge on any atom is 0.434 e. The molecule has 0 aromatic heterocycles. The van der Waals surface area contributed by atoms with Gasteiger partial charge in [0.2, 0.25) is 0 Å². The normalized spacial score (nSPS) is 17.5. The van der Waals surface area contributed by atoms with Crippen molar-refractivity contribution in [1.29, 1.82) is 0 Å². The third-order valence-corrected chi connectivity index (χ3v) is 2.93. The van der Waals surface area contributed by atoms with Crippen molar-refractivity contribution in [3.63, 3.8) is 0 Å². The van der Waals surface area contributed by atoms with E-state index in [-0.39, 0.29) is 0 Å². The highest BCUT2D eigenvalue weighted by Crippen LogP contribution is 2.47. The molecule has 0 saturated carbocycles. The zero-order chi connectivity index (χ0) is 13.1. The predicted molar refractivity (Wildman–Crippen MR) is 57.8 cm³/mol. The van der Waals surface area contributed by atoms with Gasteiger partial charge in [0.05, 0.1) is 0 Å². The van der Waals surface area contributed by atoms with Crippen LogP contribution in [-0.2, 0) is 9.47 Å². The van der Waals surface area contributed by atoms with Gasteiger partial charge in [-0.2, -0.15) is 13.2 Å². The van der Waals surface area contributed by atoms with Gasteiger partial charge in [-0.25, -0.2) is 0 Å². The van der Waals surface area contributed by atoms with Crippen LogP contribution in [-0.4, -0.2) is 25.5 Å². The van der Waals surface area contributed by atoms with Crippen LogP contribution in [0.4, 0.5) is 13.2 Å². The highest BCUT2D eigenvalue weighted by molar-refractivity contribution is 6.24. The van der Waals surface area contributed by atoms with Crippen LogP contribution in [0, 0.1) is 0 Å². The van der Waals surface area contributed by atoms with Crippen molar-refractivity contribution < 1.29 is 22.6 Å². The van der Waals surface area contributed by atoms with E-state index in [0.717, 1.165) is 14.2 Å². The summed E-state index contributed by atoms with van der Waals surface area (Å²) in [7, 11) is 2.05. The van der Waals surface area contributed by atoms with Gasteiger partial charge in [-0.3, -0.25) is 0 Å². The number of hydrogen-bond acceptors (Lipinski definition) is 2. The zero-order valence-corrected chi connectivity index (χ0v) is 10.0. The summed E-state index contributed by atoms with van der Waals surface area (Å²) < 4.78 is 47.9. The standard InChI is InChI=1S/C11H12ClF3O2/c1-16-9(8-6-4-3-5-7-8)10(12,17-2)11(13,14)15/h3-7,9H,1-2H3. The minimum atomic E-state index is -4.75. The topological polar surface area (TPSA) is 18.5 Å². The summed E-state index contributed by atoms with van der Waals surface area (Å²) in [6, 6.07) is 7.88. The second-order valence-electron chi connectivity index (χ2n) is 3.37. The van der Waals surface area contributed by atoms with Gasteiger partial charge < -0.3 is 9.47 Å². The quantitative estimate of drug-likeness (QED) is 0.778. The molecule has 0 aliphatic heterocycles. The molecule has 2 atom stereocenters. The Hall–Kier alpha value is -0.780. The lowest BCUT2D eigenvalue weighted by Crippen LogP contribution is -2.47. The Balaban J connectivity index is 3.17. The Bertz CT molecular complexity index is 355. The third-order valence-electron chi connectivity index (χ3n) is 2.36. The number of hydrogen-bond donors (Lipinski definition) is 0. The monoisotopic (exact) mass is 268 g/mol. The highest BCUT2D eigenvalue weighted by Gasteiger charge is 2.60. The van der Waals surface area contributed by atoms with Crippen LogP contribution in [0.5, 0.6) is 0 Å². The molecule has 1 aromatic carbocycles. The van der Waals surface area contributed by atoms with Crippen LogP contribution in [0.1, 0.15) is 11.7 Å². The van der Waals surface area contributed by atoms with Gasteiger partial charge in [0.1, 0.15) is 6.10 Å². The fourth-order valence-electron chi connectivity index (χ4n) is 1.50.